The molecule has 0 unspecified atom stereocenters. The largest absolute Gasteiger partial charge is 0.346 e. The fourth-order valence-electron chi connectivity index (χ4n) is 1.25. The summed E-state index contributed by atoms with van der Waals surface area (Å²) < 4.78 is 0.936. The van der Waals surface area contributed by atoms with Crippen LogP contribution in [0.3, 0.4) is 0 Å². The summed E-state index contributed by atoms with van der Waals surface area (Å²) in [6, 6.07) is 1.97. The minimum atomic E-state index is 0.401. The summed E-state index contributed by atoms with van der Waals surface area (Å²) in [5, 5.41) is 1.02. The number of rotatable bonds is 1. The molecule has 2 aromatic heterocycles. The molecule has 0 aliphatic heterocycles. The third kappa shape index (κ3) is 1.43. The van der Waals surface area contributed by atoms with Crippen LogP contribution < -0.4 is 0 Å². The Bertz CT molecular complexity index is 481. The van der Waals surface area contributed by atoms with Gasteiger partial charge in [0.1, 0.15) is 5.65 Å². The van der Waals surface area contributed by atoms with E-state index in [0.717, 1.165) is 21.1 Å². The third-order valence-corrected chi connectivity index (χ3v) is 2.27. The molecule has 0 bridgehead atoms. The fraction of sp³-hybridized carbons (Fsp3) is 0.111. The highest BCUT2D eigenvalue weighted by Crippen LogP contribution is 2.20. The number of nitrogens with one attached hydrogen (secondary N) is 1. The van der Waals surface area contributed by atoms with Gasteiger partial charge in [0.25, 0.3) is 0 Å². The van der Waals surface area contributed by atoms with Crippen molar-refractivity contribution in [1.82, 2.24) is 9.97 Å². The number of hydrogen-bond donors (Lipinski definition) is 1. The van der Waals surface area contributed by atoms with Crippen LogP contribution >= 0.6 is 15.9 Å². The Kier molecular flexibility index (Phi) is 2.03. The second-order valence-corrected chi connectivity index (χ2v) is 3.60. The molecule has 0 saturated heterocycles. The van der Waals surface area contributed by atoms with Crippen molar-refractivity contribution < 1.29 is 0 Å². The number of hydrogen-bond acceptors (Lipinski definition) is 1. The smallest absolute Gasteiger partial charge is 0.241 e. The summed E-state index contributed by atoms with van der Waals surface area (Å²) in [7, 11) is 0. The van der Waals surface area contributed by atoms with Crippen LogP contribution in [0, 0.1) is 6.57 Å². The number of nitrogens with zero attached hydrogens (tertiary/aromatic N) is 2. The highest BCUT2D eigenvalue weighted by atomic mass is 79.9. The Morgan fingerprint density at radius 2 is 2.46 bits per heavy atom. The van der Waals surface area contributed by atoms with Gasteiger partial charge < -0.3 is 9.83 Å². The molecule has 64 valence electrons. The molecule has 0 amide bonds. The maximum atomic E-state index is 6.79. The molecule has 0 radical (unpaired) electrons. The van der Waals surface area contributed by atoms with E-state index in [1.807, 2.05) is 12.3 Å². The van der Waals surface area contributed by atoms with Gasteiger partial charge in [-0.1, -0.05) is 0 Å². The number of aromatic nitrogens is 2. The summed E-state index contributed by atoms with van der Waals surface area (Å²) in [4.78, 5) is 10.5. The van der Waals surface area contributed by atoms with Crippen LogP contribution in [0.2, 0.25) is 0 Å². The number of pyridine rings is 1. The van der Waals surface area contributed by atoms with E-state index in [0.29, 0.717) is 6.54 Å². The van der Waals surface area contributed by atoms with Gasteiger partial charge in [-0.3, -0.25) is 0 Å². The van der Waals surface area contributed by atoms with Gasteiger partial charge in [-0.2, -0.15) is 0 Å². The topological polar surface area (TPSA) is 33.0 Å². The van der Waals surface area contributed by atoms with Crippen molar-refractivity contribution in [2.24, 2.45) is 0 Å². The molecule has 0 aliphatic carbocycles. The van der Waals surface area contributed by atoms with E-state index >= 15 is 0 Å². The summed E-state index contributed by atoms with van der Waals surface area (Å²) in [5.41, 5.74) is 1.83. The molecule has 13 heavy (non-hydrogen) atoms. The number of H-pyrrole nitrogens is 1. The summed E-state index contributed by atoms with van der Waals surface area (Å²) in [5.74, 6) is 0. The summed E-state index contributed by atoms with van der Waals surface area (Å²) >= 11 is 3.35. The SMILES string of the molecule is [C-]#[N+]Cc1c[nH]c2ncc(Br)cc12. The Morgan fingerprint density at radius 3 is 3.23 bits per heavy atom. The van der Waals surface area contributed by atoms with Crippen molar-refractivity contribution in [3.63, 3.8) is 0 Å². The average Bonchev–Trinajstić information content (AvgIpc) is 2.49. The van der Waals surface area contributed by atoms with Crippen LogP contribution in [0.1, 0.15) is 5.56 Å². The second-order valence-electron chi connectivity index (χ2n) is 2.68. The monoisotopic (exact) mass is 235 g/mol. The van der Waals surface area contributed by atoms with E-state index in [-0.39, 0.29) is 0 Å². The molecule has 0 spiro atoms. The van der Waals surface area contributed by atoms with Crippen molar-refractivity contribution >= 4 is 27.0 Å². The molecule has 0 aliphatic rings. The molecule has 0 aromatic carbocycles. The second kappa shape index (κ2) is 3.19. The molecule has 0 fully saturated rings. The molecule has 3 nitrogen and oxygen atoms in total. The standard InChI is InChI=1S/C9H6BrN3/c1-11-3-6-4-12-9-8(6)2-7(10)5-13-9/h2,4-5H,3H2,(H,12,13). The highest BCUT2D eigenvalue weighted by Gasteiger charge is 2.06. The Balaban J connectivity index is 2.66. The van der Waals surface area contributed by atoms with Crippen molar-refractivity contribution in [3.8, 4) is 0 Å². The number of aromatic amines is 1. The Labute approximate surface area is 83.7 Å². The minimum Gasteiger partial charge on any atom is -0.346 e. The summed E-state index contributed by atoms with van der Waals surface area (Å²) in [6.07, 6.45) is 3.57. The van der Waals surface area contributed by atoms with E-state index in [4.69, 9.17) is 6.57 Å². The zero-order chi connectivity index (χ0) is 9.26. The van der Waals surface area contributed by atoms with Crippen molar-refractivity contribution in [2.75, 3.05) is 0 Å². The Hall–Kier alpha value is -1.34. The fourth-order valence-corrected chi connectivity index (χ4v) is 1.58. The zero-order valence-electron chi connectivity index (χ0n) is 6.71. The van der Waals surface area contributed by atoms with Gasteiger partial charge in [0.05, 0.1) is 5.56 Å². The van der Waals surface area contributed by atoms with E-state index in [2.05, 4.69) is 30.7 Å². The van der Waals surface area contributed by atoms with Gasteiger partial charge in [-0.25, -0.2) is 11.6 Å². The molecule has 2 rings (SSSR count). The predicted molar refractivity (Wildman–Crippen MR) is 54.1 cm³/mol. The first-order valence-electron chi connectivity index (χ1n) is 3.76. The molecule has 4 heteroatoms. The molecule has 0 atom stereocenters. The lowest BCUT2D eigenvalue weighted by Crippen LogP contribution is -1.78. The molecular weight excluding hydrogens is 230 g/mol. The Morgan fingerprint density at radius 1 is 1.62 bits per heavy atom. The van der Waals surface area contributed by atoms with E-state index in [9.17, 15) is 0 Å². The first-order chi connectivity index (χ1) is 6.31. The van der Waals surface area contributed by atoms with Crippen molar-refractivity contribution in [1.29, 1.82) is 0 Å². The lowest BCUT2D eigenvalue weighted by molar-refractivity contribution is 1.27. The van der Waals surface area contributed by atoms with E-state index in [1.54, 1.807) is 6.20 Å². The normalized spacial score (nSPS) is 10.2. The number of halogens is 1. The van der Waals surface area contributed by atoms with Crippen molar-refractivity contribution in [3.05, 3.63) is 39.9 Å². The lowest BCUT2D eigenvalue weighted by Gasteiger charge is -1.91. The molecular formula is C9H6BrN3. The zero-order valence-corrected chi connectivity index (χ0v) is 8.30. The number of fused-ring (bicyclic) bond motifs is 1. The van der Waals surface area contributed by atoms with Crippen LogP contribution in [0.4, 0.5) is 0 Å². The van der Waals surface area contributed by atoms with Gasteiger partial charge in [-0.15, -0.1) is 0 Å². The molecule has 1 N–H and O–H groups in total. The summed E-state index contributed by atoms with van der Waals surface area (Å²) in [6.45, 7) is 7.19. The van der Waals surface area contributed by atoms with Gasteiger partial charge in [0.2, 0.25) is 6.54 Å². The van der Waals surface area contributed by atoms with Crippen LogP contribution in [0.25, 0.3) is 15.9 Å². The molecule has 2 heterocycles. The van der Waals surface area contributed by atoms with Gasteiger partial charge in [0, 0.05) is 22.3 Å². The van der Waals surface area contributed by atoms with E-state index < -0.39 is 0 Å². The quantitative estimate of drug-likeness (QED) is 0.758. The van der Waals surface area contributed by atoms with Crippen LogP contribution in [0.5, 0.6) is 0 Å². The maximum Gasteiger partial charge on any atom is 0.241 e. The first kappa shape index (κ1) is 8.27. The first-order valence-corrected chi connectivity index (χ1v) is 4.55. The van der Waals surface area contributed by atoms with Gasteiger partial charge in [0.15, 0.2) is 0 Å². The third-order valence-electron chi connectivity index (χ3n) is 1.83. The van der Waals surface area contributed by atoms with Crippen molar-refractivity contribution in [2.45, 2.75) is 6.54 Å². The van der Waals surface area contributed by atoms with Crippen LogP contribution in [0.15, 0.2) is 22.9 Å². The van der Waals surface area contributed by atoms with Crippen LogP contribution in [-0.4, -0.2) is 9.97 Å². The van der Waals surface area contributed by atoms with E-state index in [1.165, 1.54) is 0 Å². The van der Waals surface area contributed by atoms with Gasteiger partial charge in [-0.05, 0) is 22.0 Å². The predicted octanol–water partition coefficient (Wildman–Crippen LogP) is 2.74. The van der Waals surface area contributed by atoms with Gasteiger partial charge >= 0.3 is 0 Å². The maximum absolute atomic E-state index is 6.79. The minimum absolute atomic E-state index is 0.401. The highest BCUT2D eigenvalue weighted by molar-refractivity contribution is 9.10. The average molecular weight is 236 g/mol. The molecule has 2 aromatic rings. The van der Waals surface area contributed by atoms with Crippen LogP contribution in [-0.2, 0) is 6.54 Å². The lowest BCUT2D eigenvalue weighted by atomic mass is 10.2. The molecule has 0 saturated carbocycles.